The van der Waals surface area contributed by atoms with E-state index in [0.717, 1.165) is 122 Å². The van der Waals surface area contributed by atoms with E-state index < -0.39 is 57.8 Å². The molecule has 396 valence electrons. The molecule has 0 aliphatic heterocycles. The molecule has 0 fully saturated rings. The molecule has 0 spiro atoms. The zero-order valence-electron chi connectivity index (χ0n) is 43.4. The Bertz CT molecular complexity index is 1630. The lowest BCUT2D eigenvalue weighted by Crippen LogP contribution is -2.30. The summed E-state index contributed by atoms with van der Waals surface area (Å²) in [5.74, 6) is -1.60. The first-order chi connectivity index (χ1) is 34.2. The van der Waals surface area contributed by atoms with Crippen molar-refractivity contribution in [1.82, 2.24) is 0 Å². The molecule has 70 heavy (non-hydrogen) atoms. The summed E-state index contributed by atoms with van der Waals surface area (Å²) >= 11 is 0. The van der Waals surface area contributed by atoms with E-state index in [0.29, 0.717) is 25.7 Å². The number of hydrogen-bond acceptors (Lipinski definition) is 10. The van der Waals surface area contributed by atoms with Crippen LogP contribution in [0.4, 0.5) is 0 Å². The average molecular weight is 997 g/mol. The number of aliphatic hydroxyl groups is 1. The molecule has 3 unspecified atom stereocenters. The van der Waals surface area contributed by atoms with Gasteiger partial charge in [-0.05, 0) is 116 Å². The fourth-order valence-corrected chi connectivity index (χ4v) is 7.17. The van der Waals surface area contributed by atoms with E-state index in [1.165, 1.54) is 0 Å². The van der Waals surface area contributed by atoms with Crippen LogP contribution in [-0.4, -0.2) is 66.5 Å². The number of unbranched alkanes of at least 4 members (excludes halogenated alkanes) is 10. The van der Waals surface area contributed by atoms with Crippen LogP contribution in [0.25, 0.3) is 0 Å². The first kappa shape index (κ1) is 65.9. The van der Waals surface area contributed by atoms with Crippen LogP contribution in [0.3, 0.4) is 0 Å². The van der Waals surface area contributed by atoms with Crippen molar-refractivity contribution in [2.24, 2.45) is 0 Å². The van der Waals surface area contributed by atoms with E-state index in [-0.39, 0.29) is 25.9 Å². The van der Waals surface area contributed by atoms with Crippen molar-refractivity contribution < 1.29 is 52.2 Å². The zero-order chi connectivity index (χ0) is 51.3. The minimum Gasteiger partial charge on any atom is -0.462 e. The van der Waals surface area contributed by atoms with Crippen molar-refractivity contribution in [3.8, 4) is 0 Å². The predicted molar refractivity (Wildman–Crippen MR) is 288 cm³/mol. The van der Waals surface area contributed by atoms with Crippen molar-refractivity contribution in [2.45, 2.75) is 200 Å². The van der Waals surface area contributed by atoms with Gasteiger partial charge in [-0.3, -0.25) is 23.4 Å². The lowest BCUT2D eigenvalue weighted by atomic mass is 10.1. The van der Waals surface area contributed by atoms with Gasteiger partial charge in [0.25, 0.3) is 0 Å². The van der Waals surface area contributed by atoms with Gasteiger partial charge in [0.1, 0.15) is 12.7 Å². The third kappa shape index (κ3) is 48.9. The minimum absolute atomic E-state index is 0.0773. The van der Waals surface area contributed by atoms with Crippen LogP contribution in [0.5, 0.6) is 0 Å². The highest BCUT2D eigenvalue weighted by molar-refractivity contribution is 7.47. The number of aliphatic hydroxyl groups excluding tert-OH is 1. The number of rotatable bonds is 47. The lowest BCUT2D eigenvalue weighted by molar-refractivity contribution is -0.161. The van der Waals surface area contributed by atoms with Crippen molar-refractivity contribution >= 4 is 25.7 Å². The van der Waals surface area contributed by atoms with Gasteiger partial charge in [0.15, 0.2) is 6.10 Å². The van der Waals surface area contributed by atoms with Crippen molar-refractivity contribution in [3.05, 3.63) is 122 Å². The number of carbonyl (C=O) groups is 3. The van der Waals surface area contributed by atoms with Gasteiger partial charge in [-0.2, -0.15) is 0 Å². The first-order valence-corrected chi connectivity index (χ1v) is 27.9. The van der Waals surface area contributed by atoms with Crippen molar-refractivity contribution in [3.63, 3.8) is 0 Å². The molecule has 11 nitrogen and oxygen atoms in total. The summed E-state index contributed by atoms with van der Waals surface area (Å²) in [5.41, 5.74) is 0. The predicted octanol–water partition coefficient (Wildman–Crippen LogP) is 15.2. The molecule has 12 heteroatoms. The summed E-state index contributed by atoms with van der Waals surface area (Å²) in [6, 6.07) is 0. The summed E-state index contributed by atoms with van der Waals surface area (Å²) in [5, 5.41) is 9.77. The molecular weight excluding hydrogens is 904 g/mol. The van der Waals surface area contributed by atoms with Gasteiger partial charge in [0, 0.05) is 19.3 Å². The molecule has 0 heterocycles. The Morgan fingerprint density at radius 1 is 0.414 bits per heavy atom. The molecule has 0 radical (unpaired) electrons. The molecule has 2 N–H and O–H groups in total. The molecule has 0 aromatic carbocycles. The third-order valence-electron chi connectivity index (χ3n) is 10.3. The lowest BCUT2D eigenvalue weighted by Gasteiger charge is -2.21. The van der Waals surface area contributed by atoms with Gasteiger partial charge in [-0.15, -0.1) is 0 Å². The standard InChI is InChI=1S/C58H93O11P/c1-4-7-10-13-16-19-22-25-26-27-28-31-34-37-40-43-46-49-58(62)69-55(51-65-56(60)47-44-41-38-35-32-29-23-20-17-14-11-8-5-2)53-67-70(63,64)66-52-54(50-59)68-57(61)48-45-42-39-36-33-30-24-21-18-15-12-9-6-3/h7,9-12,14,16,18-21,23,25-26,28,30-31,33,37,40,54-55,59H,4-6,8,13,15,17,22,24,27,29,32,34-36,38-39,41-53H2,1-3H3,(H,63,64)/b10-7-,12-9-,14-11-,19-16-,21-18-,23-20-,26-25-,31-28-,33-30-,40-37-. The second-order valence-electron chi connectivity index (χ2n) is 16.9. The molecule has 3 atom stereocenters. The van der Waals surface area contributed by atoms with E-state index in [1.54, 1.807) is 0 Å². The highest BCUT2D eigenvalue weighted by atomic mass is 31.2. The Balaban J connectivity index is 4.90. The van der Waals surface area contributed by atoms with Crippen LogP contribution in [0, 0.1) is 0 Å². The molecule has 0 saturated carbocycles. The number of esters is 3. The zero-order valence-corrected chi connectivity index (χ0v) is 44.3. The Morgan fingerprint density at radius 3 is 1.21 bits per heavy atom. The molecule has 0 amide bonds. The largest absolute Gasteiger partial charge is 0.472 e. The summed E-state index contributed by atoms with van der Waals surface area (Å²) in [6.07, 6.45) is 61.8. The van der Waals surface area contributed by atoms with Gasteiger partial charge in [0.05, 0.1) is 19.8 Å². The molecule has 0 saturated heterocycles. The van der Waals surface area contributed by atoms with E-state index >= 15 is 0 Å². The van der Waals surface area contributed by atoms with Gasteiger partial charge in [0.2, 0.25) is 0 Å². The second-order valence-corrected chi connectivity index (χ2v) is 18.4. The summed E-state index contributed by atoms with van der Waals surface area (Å²) in [4.78, 5) is 48.3. The Labute approximate surface area is 424 Å². The van der Waals surface area contributed by atoms with Gasteiger partial charge < -0.3 is 24.2 Å². The van der Waals surface area contributed by atoms with E-state index in [4.69, 9.17) is 23.3 Å². The van der Waals surface area contributed by atoms with Crippen LogP contribution >= 0.6 is 7.82 Å². The van der Waals surface area contributed by atoms with Crippen LogP contribution in [0.15, 0.2) is 122 Å². The number of phosphoric ester groups is 1. The second kappa shape index (κ2) is 51.2. The fourth-order valence-electron chi connectivity index (χ4n) is 6.38. The highest BCUT2D eigenvalue weighted by Gasteiger charge is 2.28. The number of hydrogen-bond donors (Lipinski definition) is 2. The Morgan fingerprint density at radius 2 is 0.757 bits per heavy atom. The van der Waals surface area contributed by atoms with E-state index in [1.807, 2.05) is 12.2 Å². The Kier molecular flexibility index (Phi) is 48.2. The maximum Gasteiger partial charge on any atom is 0.472 e. The van der Waals surface area contributed by atoms with Crippen LogP contribution in [0.1, 0.15) is 188 Å². The van der Waals surface area contributed by atoms with E-state index in [2.05, 4.69) is 130 Å². The van der Waals surface area contributed by atoms with Gasteiger partial charge in [-0.1, -0.05) is 174 Å². The number of carbonyl (C=O) groups excluding carboxylic acids is 3. The fraction of sp³-hybridized carbons (Fsp3) is 0.603. The van der Waals surface area contributed by atoms with Gasteiger partial charge >= 0.3 is 25.7 Å². The summed E-state index contributed by atoms with van der Waals surface area (Å²) < 4.78 is 39.3. The molecular formula is C58H93O11P. The number of allylic oxidation sites excluding steroid dienone is 20. The number of phosphoric acid groups is 1. The van der Waals surface area contributed by atoms with Crippen LogP contribution in [0.2, 0.25) is 0 Å². The molecule has 0 aliphatic carbocycles. The number of ether oxygens (including phenoxy) is 3. The monoisotopic (exact) mass is 997 g/mol. The highest BCUT2D eigenvalue weighted by Crippen LogP contribution is 2.43. The van der Waals surface area contributed by atoms with E-state index in [9.17, 15) is 28.9 Å². The Hall–Kier alpha value is -4.12. The molecule has 0 aromatic heterocycles. The molecule has 0 aliphatic rings. The SMILES string of the molecule is CC/C=C\C/C=C\C/C=C\C/C=C\C/C=C\CCCC(=O)OC(COC(=O)CCCCCCC/C=C\C/C=C\CCC)COP(=O)(O)OCC(CO)OC(=O)CCCCC/C=C\C/C=C\C/C=C\CC. The smallest absolute Gasteiger partial charge is 0.462 e. The normalized spacial score (nSPS) is 14.4. The topological polar surface area (TPSA) is 155 Å². The quantitative estimate of drug-likeness (QED) is 0.0197. The summed E-state index contributed by atoms with van der Waals surface area (Å²) in [7, 11) is -4.78. The van der Waals surface area contributed by atoms with Crippen LogP contribution < -0.4 is 0 Å². The van der Waals surface area contributed by atoms with Gasteiger partial charge in [-0.25, -0.2) is 4.57 Å². The van der Waals surface area contributed by atoms with Crippen molar-refractivity contribution in [2.75, 3.05) is 26.4 Å². The molecule has 0 bridgehead atoms. The molecule has 0 rings (SSSR count). The maximum absolute atomic E-state index is 12.9. The average Bonchev–Trinajstić information content (AvgIpc) is 3.35. The first-order valence-electron chi connectivity index (χ1n) is 26.4. The summed E-state index contributed by atoms with van der Waals surface area (Å²) in [6.45, 7) is 4.20. The maximum atomic E-state index is 12.9. The van der Waals surface area contributed by atoms with Crippen molar-refractivity contribution in [1.29, 1.82) is 0 Å². The van der Waals surface area contributed by atoms with Crippen LogP contribution in [-0.2, 0) is 42.2 Å². The minimum atomic E-state index is -4.78. The molecule has 0 aromatic rings. The third-order valence-corrected chi connectivity index (χ3v) is 11.3.